The molecule has 6 saturated carbocycles. The summed E-state index contributed by atoms with van der Waals surface area (Å²) in [5.74, 6) is -1.15. The van der Waals surface area contributed by atoms with Crippen LogP contribution in [-0.2, 0) is 14.3 Å². The molecular weight excluding hydrogens is 623 g/mol. The van der Waals surface area contributed by atoms with Crippen molar-refractivity contribution in [3.8, 4) is 0 Å². The molecule has 0 aromatic heterocycles. The molecule has 6 fully saturated rings. The van der Waals surface area contributed by atoms with Gasteiger partial charge in [-0.3, -0.25) is 9.59 Å². The number of hydrogen-bond donors (Lipinski definition) is 1. The predicted molar refractivity (Wildman–Crippen MR) is 124 cm³/mol. The van der Waals surface area contributed by atoms with Crippen LogP contribution < -0.4 is 0 Å². The lowest BCUT2D eigenvalue weighted by molar-refractivity contribution is -0.145. The fraction of sp³-hybridized carbons (Fsp3) is 0.882. The van der Waals surface area contributed by atoms with Gasteiger partial charge in [0.15, 0.2) is 4.33 Å². The highest BCUT2D eigenvalue weighted by Gasteiger charge is 3.32. The number of carbonyl (C=O) groups is 2. The average molecular weight is 635 g/mol. The van der Waals surface area contributed by atoms with Crippen molar-refractivity contribution in [1.29, 1.82) is 0 Å². The molecule has 6 aliphatic carbocycles. The molecule has 0 saturated heterocycles. The Labute approximate surface area is 227 Å². The van der Waals surface area contributed by atoms with Crippen LogP contribution in [0.1, 0.15) is 26.2 Å². The van der Waals surface area contributed by atoms with Crippen molar-refractivity contribution in [2.45, 2.75) is 75.1 Å². The van der Waals surface area contributed by atoms with Gasteiger partial charge in [0, 0.05) is 12.8 Å². The van der Waals surface area contributed by atoms with Crippen LogP contribution in [0.3, 0.4) is 0 Å². The summed E-state index contributed by atoms with van der Waals surface area (Å²) in [7, 11) is 0. The molecule has 0 aromatic carbocycles. The fourth-order valence-corrected chi connectivity index (χ4v) is 16.1. The molecule has 174 valence electrons. The van der Waals surface area contributed by atoms with Gasteiger partial charge in [-0.2, -0.15) is 0 Å². The van der Waals surface area contributed by atoms with E-state index in [1.807, 2.05) is 0 Å². The number of aliphatic hydroxyl groups is 1. The molecule has 4 nitrogen and oxygen atoms in total. The van der Waals surface area contributed by atoms with Crippen LogP contribution >= 0.6 is 116 Å². The highest BCUT2D eigenvalue weighted by molar-refractivity contribution is 6.78. The van der Waals surface area contributed by atoms with E-state index >= 15 is 0 Å². The number of halogens is 10. The van der Waals surface area contributed by atoms with Crippen LogP contribution in [0.4, 0.5) is 0 Å². The number of hydrogen-bond acceptors (Lipinski definition) is 4. The summed E-state index contributed by atoms with van der Waals surface area (Å²) in [5, 5.41) is 11.9. The number of rotatable bonds is 6. The monoisotopic (exact) mass is 630 g/mol. The summed E-state index contributed by atoms with van der Waals surface area (Å²) in [4.78, 5) is 7.97. The quantitative estimate of drug-likeness (QED) is 0.327. The van der Waals surface area contributed by atoms with Crippen LogP contribution in [-0.4, -0.2) is 72.4 Å². The molecule has 14 heteroatoms. The van der Waals surface area contributed by atoms with Crippen molar-refractivity contribution in [1.82, 2.24) is 0 Å². The lowest BCUT2D eigenvalue weighted by Gasteiger charge is -2.81. The first kappa shape index (κ1) is 24.7. The van der Waals surface area contributed by atoms with Crippen LogP contribution in [0.5, 0.6) is 0 Å². The van der Waals surface area contributed by atoms with E-state index in [2.05, 4.69) is 0 Å². The van der Waals surface area contributed by atoms with Gasteiger partial charge in [-0.05, 0) is 6.92 Å². The van der Waals surface area contributed by atoms with Gasteiger partial charge in [0.2, 0.25) is 0 Å². The summed E-state index contributed by atoms with van der Waals surface area (Å²) < 4.78 is 2.73. The van der Waals surface area contributed by atoms with Gasteiger partial charge in [-0.25, -0.2) is 0 Å². The molecule has 6 rings (SSSR count). The van der Waals surface area contributed by atoms with E-state index < -0.39 is 67.1 Å². The highest BCUT2D eigenvalue weighted by atomic mass is 35.5. The summed E-state index contributed by atoms with van der Waals surface area (Å²) in [6.07, 6.45) is -1.14. The van der Waals surface area contributed by atoms with E-state index in [-0.39, 0.29) is 19.4 Å². The highest BCUT2D eigenvalue weighted by Crippen LogP contribution is 3.12. The van der Waals surface area contributed by atoms with Crippen molar-refractivity contribution in [3.63, 3.8) is 0 Å². The minimum absolute atomic E-state index is 0.161. The second kappa shape index (κ2) is 5.77. The number of alkyl halides is 10. The molecule has 0 amide bonds. The summed E-state index contributed by atoms with van der Waals surface area (Å²) in [6, 6.07) is 0. The van der Waals surface area contributed by atoms with E-state index in [1.54, 1.807) is 6.92 Å². The Morgan fingerprint density at radius 1 is 0.677 bits per heavy atom. The lowest BCUT2D eigenvalue weighted by atomic mass is 9.41. The lowest BCUT2D eigenvalue weighted by Crippen LogP contribution is -3.03. The van der Waals surface area contributed by atoms with E-state index in [9.17, 15) is 14.7 Å². The molecular formula is C17H12Cl10O4. The maximum Gasteiger partial charge on any atom is 0.306 e. The normalized spacial score (nSPS) is 63.1. The molecule has 0 aromatic rings. The maximum atomic E-state index is 12.8. The molecule has 31 heavy (non-hydrogen) atoms. The Kier molecular flexibility index (Phi) is 4.59. The maximum absolute atomic E-state index is 12.8. The Morgan fingerprint density at radius 3 is 1.42 bits per heavy atom. The van der Waals surface area contributed by atoms with Crippen LogP contribution in [0.15, 0.2) is 0 Å². The number of Topliss-reactive ketones (excluding diaryl/α,β-unsaturated/α-hetero) is 1. The third-order valence-corrected chi connectivity index (χ3v) is 17.5. The first-order valence-corrected chi connectivity index (χ1v) is 12.9. The molecule has 1 unspecified atom stereocenters. The van der Waals surface area contributed by atoms with E-state index in [0.717, 1.165) is 0 Å². The zero-order valence-corrected chi connectivity index (χ0v) is 22.8. The van der Waals surface area contributed by atoms with Crippen molar-refractivity contribution in [2.75, 3.05) is 6.61 Å². The topological polar surface area (TPSA) is 63.6 Å². The zero-order chi connectivity index (χ0) is 23.7. The largest absolute Gasteiger partial charge is 0.466 e. The summed E-state index contributed by atoms with van der Waals surface area (Å²) in [5.41, 5.74) is -2.36. The van der Waals surface area contributed by atoms with Gasteiger partial charge >= 0.3 is 5.97 Å². The smallest absolute Gasteiger partial charge is 0.306 e. The van der Waals surface area contributed by atoms with Gasteiger partial charge < -0.3 is 9.84 Å². The molecule has 5 atom stereocenters. The molecule has 1 N–H and O–H groups in total. The SMILES string of the molecule is CCOC(=O)CCC(=O)CC1(O)C2(Cl)[C@]3(Cl)C4(Cl)C(Cl)(Cl)C5(Cl)[C@]3(Cl)C1(Cl)[C@]5(Cl)[C@@]42Cl. The third-order valence-electron chi connectivity index (χ3n) is 8.12. The van der Waals surface area contributed by atoms with Gasteiger partial charge in [0.25, 0.3) is 0 Å². The number of carbonyl (C=O) groups excluding carboxylic acids is 2. The van der Waals surface area contributed by atoms with Gasteiger partial charge in [-0.15, -0.1) is 92.8 Å². The van der Waals surface area contributed by atoms with Crippen molar-refractivity contribution in [3.05, 3.63) is 0 Å². The van der Waals surface area contributed by atoms with Gasteiger partial charge in [0.1, 0.15) is 50.4 Å². The Morgan fingerprint density at radius 2 is 1.06 bits per heavy atom. The number of esters is 1. The van der Waals surface area contributed by atoms with E-state index in [1.165, 1.54) is 0 Å². The average Bonchev–Trinajstić information content (AvgIpc) is 2.90. The molecule has 0 aliphatic heterocycles. The molecule has 4 bridgehead atoms. The molecule has 6 aliphatic rings. The second-order valence-electron chi connectivity index (χ2n) is 8.72. The van der Waals surface area contributed by atoms with Crippen molar-refractivity contribution < 1.29 is 19.4 Å². The fourth-order valence-electron chi connectivity index (χ4n) is 7.24. The molecule has 0 spiro atoms. The summed E-state index contributed by atoms with van der Waals surface area (Å²) in [6.45, 7) is 1.79. The third kappa shape index (κ3) is 1.45. The van der Waals surface area contributed by atoms with Crippen LogP contribution in [0, 0.1) is 0 Å². The first-order chi connectivity index (χ1) is 13.8. The van der Waals surface area contributed by atoms with Crippen LogP contribution in [0.25, 0.3) is 0 Å². The first-order valence-electron chi connectivity index (χ1n) is 9.14. The number of ketones is 1. The van der Waals surface area contributed by atoms with Gasteiger partial charge in [-0.1, -0.05) is 23.2 Å². The van der Waals surface area contributed by atoms with Crippen LogP contribution in [0.2, 0.25) is 0 Å². The Hall–Kier alpha value is 2.00. The second-order valence-corrected chi connectivity index (χ2v) is 14.6. The Bertz CT molecular complexity index is 900. The molecule has 0 radical (unpaired) electrons. The summed E-state index contributed by atoms with van der Waals surface area (Å²) >= 11 is 68.7. The molecule has 0 heterocycles. The zero-order valence-electron chi connectivity index (χ0n) is 15.3. The van der Waals surface area contributed by atoms with Crippen molar-refractivity contribution >= 4 is 128 Å². The number of ether oxygens (including phenoxy) is 1. The standard InChI is InChI=1S/C17H12Cl10O4/c1-2-31-7(29)4-3-6(28)5-8(30)9(18)11(20)13(22)10(8,19)14(23)12(9,21)15(11,24)17(26,27)16(13,14)25/h30H,2-5H2,1H3/t8?,9?,10?,11-,12-,13+,14+,15?,16?. The minimum atomic E-state index is -2.36. The predicted octanol–water partition coefficient (Wildman–Crippen LogP) is 5.08. The Balaban J connectivity index is 1.63. The van der Waals surface area contributed by atoms with E-state index in [4.69, 9.17) is 121 Å². The van der Waals surface area contributed by atoms with Crippen molar-refractivity contribution in [2.24, 2.45) is 0 Å². The minimum Gasteiger partial charge on any atom is -0.466 e. The van der Waals surface area contributed by atoms with E-state index in [0.29, 0.717) is 0 Å². The van der Waals surface area contributed by atoms with Gasteiger partial charge in [0.05, 0.1) is 13.0 Å².